The largest absolute Gasteiger partial charge is 0.454 e. The molecule has 2 aromatic heterocycles. The van der Waals surface area contributed by atoms with Crippen LogP contribution in [0.1, 0.15) is 24.8 Å². The van der Waals surface area contributed by atoms with E-state index in [-0.39, 0.29) is 12.7 Å². The summed E-state index contributed by atoms with van der Waals surface area (Å²) in [6, 6.07) is 5.68. The molecule has 2 aliphatic heterocycles. The van der Waals surface area contributed by atoms with Crippen molar-refractivity contribution in [1.29, 1.82) is 5.26 Å². The average molecular weight is 482 g/mol. The van der Waals surface area contributed by atoms with Crippen molar-refractivity contribution in [3.63, 3.8) is 0 Å². The summed E-state index contributed by atoms with van der Waals surface area (Å²) in [5, 5.41) is 19.4. The Hall–Kier alpha value is -3.56. The summed E-state index contributed by atoms with van der Waals surface area (Å²) in [7, 11) is 0. The highest BCUT2D eigenvalue weighted by atomic mass is 32.2. The van der Waals surface area contributed by atoms with Gasteiger partial charge < -0.3 is 29.8 Å². The average Bonchev–Trinajstić information content (AvgIpc) is 3.46. The fraction of sp³-hybridized carbons (Fsp3) is 0.409. The smallest absolute Gasteiger partial charge is 0.248 e. The van der Waals surface area contributed by atoms with E-state index in [2.05, 4.69) is 16.0 Å². The molecule has 1 amide bonds. The molecule has 0 atom stereocenters. The van der Waals surface area contributed by atoms with Crippen molar-refractivity contribution in [2.24, 2.45) is 5.92 Å². The standard InChI is InChI=1S/C22H23N7O4S/c23-9-14-7-15-16(33-12-32-15)8-17(14)34-22-27-19-20(24)25-11-26-21(19)29(22)6-3-13-1-4-28(5-2-13)18(31)10-30/h7-8,11,13,30H,1-6,10,12H2,(H2,24,25,26). The molecule has 5 rings (SSSR count). The second kappa shape index (κ2) is 9.36. The van der Waals surface area contributed by atoms with Crippen LogP contribution < -0.4 is 15.2 Å². The highest BCUT2D eigenvalue weighted by molar-refractivity contribution is 7.99. The molecule has 0 radical (unpaired) electrons. The van der Waals surface area contributed by atoms with E-state index >= 15 is 0 Å². The minimum atomic E-state index is -0.446. The number of aryl methyl sites for hydroxylation is 1. The maximum absolute atomic E-state index is 11.7. The lowest BCUT2D eigenvalue weighted by atomic mass is 9.93. The van der Waals surface area contributed by atoms with E-state index in [1.165, 1.54) is 18.1 Å². The van der Waals surface area contributed by atoms with E-state index in [0.717, 1.165) is 19.3 Å². The molecular formula is C22H23N7O4S. The molecule has 1 saturated heterocycles. The van der Waals surface area contributed by atoms with Crippen molar-refractivity contribution < 1.29 is 19.4 Å². The lowest BCUT2D eigenvalue weighted by molar-refractivity contribution is -0.135. The number of carbonyl (C=O) groups excluding carboxylic acids is 1. The second-order valence-electron chi connectivity index (χ2n) is 8.16. The molecule has 4 heterocycles. The molecule has 0 aliphatic carbocycles. The first-order chi connectivity index (χ1) is 16.6. The number of hydrogen-bond acceptors (Lipinski definition) is 10. The third-order valence-corrected chi connectivity index (χ3v) is 7.24. The van der Waals surface area contributed by atoms with Gasteiger partial charge in [-0.25, -0.2) is 15.0 Å². The number of aliphatic hydroxyl groups excluding tert-OH is 1. The van der Waals surface area contributed by atoms with Gasteiger partial charge in [-0.2, -0.15) is 5.26 Å². The Labute approximate surface area is 199 Å². The van der Waals surface area contributed by atoms with Crippen LogP contribution in [0.15, 0.2) is 28.5 Å². The molecule has 12 heteroatoms. The van der Waals surface area contributed by atoms with E-state index in [1.807, 2.05) is 4.57 Å². The predicted molar refractivity (Wildman–Crippen MR) is 122 cm³/mol. The van der Waals surface area contributed by atoms with Gasteiger partial charge in [0.2, 0.25) is 12.7 Å². The number of fused-ring (bicyclic) bond motifs is 2. The summed E-state index contributed by atoms with van der Waals surface area (Å²) in [6.07, 6.45) is 4.04. The number of likely N-dealkylation sites (tertiary alicyclic amines) is 1. The summed E-state index contributed by atoms with van der Waals surface area (Å²) >= 11 is 1.35. The van der Waals surface area contributed by atoms with E-state index in [4.69, 9.17) is 25.3 Å². The van der Waals surface area contributed by atoms with Crippen LogP contribution in [0, 0.1) is 17.2 Å². The first kappa shape index (κ1) is 22.2. The summed E-state index contributed by atoms with van der Waals surface area (Å²) < 4.78 is 12.9. The van der Waals surface area contributed by atoms with Gasteiger partial charge in [0, 0.05) is 30.6 Å². The number of piperidine rings is 1. The zero-order valence-corrected chi connectivity index (χ0v) is 19.1. The van der Waals surface area contributed by atoms with Gasteiger partial charge in [-0.15, -0.1) is 0 Å². The number of aromatic nitrogens is 4. The van der Waals surface area contributed by atoms with E-state index in [9.17, 15) is 10.1 Å². The van der Waals surface area contributed by atoms with Crippen molar-refractivity contribution in [2.75, 3.05) is 32.2 Å². The van der Waals surface area contributed by atoms with Gasteiger partial charge in [0.05, 0.1) is 5.56 Å². The van der Waals surface area contributed by atoms with Gasteiger partial charge >= 0.3 is 0 Å². The summed E-state index contributed by atoms with van der Waals surface area (Å²) in [5.74, 6) is 1.65. The molecule has 176 valence electrons. The quantitative estimate of drug-likeness (QED) is 0.533. The molecule has 34 heavy (non-hydrogen) atoms. The van der Waals surface area contributed by atoms with Crippen LogP contribution in [0.3, 0.4) is 0 Å². The number of carbonyl (C=O) groups is 1. The number of nitrogens with two attached hydrogens (primary N) is 1. The molecule has 0 bridgehead atoms. The first-order valence-electron chi connectivity index (χ1n) is 10.9. The predicted octanol–water partition coefficient (Wildman–Crippen LogP) is 1.78. The van der Waals surface area contributed by atoms with Crippen LogP contribution in [-0.2, 0) is 11.3 Å². The van der Waals surface area contributed by atoms with Crippen molar-refractivity contribution in [3.8, 4) is 17.6 Å². The summed E-state index contributed by atoms with van der Waals surface area (Å²) in [5.41, 5.74) is 7.70. The zero-order chi connectivity index (χ0) is 23.7. The van der Waals surface area contributed by atoms with Gasteiger partial charge in [-0.05, 0) is 31.2 Å². The SMILES string of the molecule is N#Cc1cc2c(cc1Sc1nc3c(N)ncnc3n1CCC1CCN(C(=O)CO)CC1)OCO2. The molecule has 3 N–H and O–H groups in total. The minimum absolute atomic E-state index is 0.127. The normalized spacial score (nSPS) is 15.6. The number of benzene rings is 1. The fourth-order valence-corrected chi connectivity index (χ4v) is 5.29. The number of imidazole rings is 1. The monoisotopic (exact) mass is 481 g/mol. The van der Waals surface area contributed by atoms with E-state index in [0.29, 0.717) is 69.6 Å². The Morgan fingerprint density at radius 1 is 1.26 bits per heavy atom. The molecule has 1 aromatic carbocycles. The number of aliphatic hydroxyl groups is 1. The summed E-state index contributed by atoms with van der Waals surface area (Å²) in [4.78, 5) is 27.3. The number of anilines is 1. The van der Waals surface area contributed by atoms with Gasteiger partial charge in [0.15, 0.2) is 33.6 Å². The van der Waals surface area contributed by atoms with Crippen LogP contribution in [-0.4, -0.2) is 61.9 Å². The van der Waals surface area contributed by atoms with Crippen molar-refractivity contribution in [1.82, 2.24) is 24.4 Å². The zero-order valence-electron chi connectivity index (χ0n) is 18.3. The van der Waals surface area contributed by atoms with Gasteiger partial charge in [0.1, 0.15) is 19.0 Å². The lowest BCUT2D eigenvalue weighted by Gasteiger charge is -2.31. The highest BCUT2D eigenvalue weighted by Crippen LogP contribution is 2.41. The topological polar surface area (TPSA) is 152 Å². The van der Waals surface area contributed by atoms with Crippen LogP contribution in [0.4, 0.5) is 5.82 Å². The molecular weight excluding hydrogens is 458 g/mol. The second-order valence-corrected chi connectivity index (χ2v) is 9.17. The van der Waals surface area contributed by atoms with Crippen molar-refractivity contribution in [2.45, 2.75) is 35.9 Å². The van der Waals surface area contributed by atoms with E-state index in [1.54, 1.807) is 17.0 Å². The Morgan fingerprint density at radius 2 is 2.03 bits per heavy atom. The third-order valence-electron chi connectivity index (χ3n) is 6.19. The van der Waals surface area contributed by atoms with Crippen molar-refractivity contribution >= 4 is 34.7 Å². The molecule has 0 unspecified atom stereocenters. The lowest BCUT2D eigenvalue weighted by Crippen LogP contribution is -2.40. The Bertz CT molecular complexity index is 1280. The molecule has 2 aliphatic rings. The number of nitriles is 1. The number of rotatable bonds is 6. The Kier molecular flexibility index (Phi) is 6.12. The number of amides is 1. The fourth-order valence-electron chi connectivity index (χ4n) is 4.29. The molecule has 11 nitrogen and oxygen atoms in total. The van der Waals surface area contributed by atoms with Gasteiger partial charge in [-0.3, -0.25) is 4.79 Å². The van der Waals surface area contributed by atoms with Crippen molar-refractivity contribution in [3.05, 3.63) is 24.0 Å². The number of hydrogen-bond donors (Lipinski definition) is 2. The molecule has 0 saturated carbocycles. The molecule has 0 spiro atoms. The molecule has 3 aromatic rings. The first-order valence-corrected chi connectivity index (χ1v) is 11.8. The van der Waals surface area contributed by atoms with Crippen LogP contribution in [0.2, 0.25) is 0 Å². The Morgan fingerprint density at radius 3 is 2.76 bits per heavy atom. The van der Waals surface area contributed by atoms with Gasteiger partial charge in [0.25, 0.3) is 0 Å². The van der Waals surface area contributed by atoms with Crippen LogP contribution in [0.25, 0.3) is 11.2 Å². The number of ether oxygens (including phenoxy) is 2. The molecule has 1 fully saturated rings. The minimum Gasteiger partial charge on any atom is -0.454 e. The van der Waals surface area contributed by atoms with Crippen LogP contribution in [0.5, 0.6) is 11.5 Å². The maximum atomic E-state index is 11.7. The Balaban J connectivity index is 1.40. The highest BCUT2D eigenvalue weighted by Gasteiger charge is 2.25. The number of nitrogens with zero attached hydrogens (tertiary/aromatic N) is 6. The maximum Gasteiger partial charge on any atom is 0.248 e. The van der Waals surface area contributed by atoms with E-state index < -0.39 is 6.61 Å². The summed E-state index contributed by atoms with van der Waals surface area (Å²) in [6.45, 7) is 1.63. The van der Waals surface area contributed by atoms with Gasteiger partial charge in [-0.1, -0.05) is 11.8 Å². The van der Waals surface area contributed by atoms with Crippen LogP contribution >= 0.6 is 11.8 Å². The number of nitrogen functional groups attached to an aromatic ring is 1. The third kappa shape index (κ3) is 4.20.